The molecule has 0 aliphatic rings. The summed E-state index contributed by atoms with van der Waals surface area (Å²) in [6, 6.07) is 0. The van der Waals surface area contributed by atoms with E-state index < -0.39 is 21.6 Å². The minimum atomic E-state index is -0.534. The number of hydrogen-bond acceptors (Lipinski definition) is 2. The second kappa shape index (κ2) is 11.3. The maximum atomic E-state index is 10.3. The predicted molar refractivity (Wildman–Crippen MR) is 58.4 cm³/mol. The molecule has 0 unspecified atom stereocenters. The van der Waals surface area contributed by atoms with Crippen molar-refractivity contribution in [3.8, 4) is 0 Å². The molecule has 0 heterocycles. The van der Waals surface area contributed by atoms with Crippen LogP contribution in [0.25, 0.3) is 0 Å². The molecule has 0 amide bonds. The first-order valence-corrected chi connectivity index (χ1v) is 7.29. The summed E-state index contributed by atoms with van der Waals surface area (Å²) in [6.45, 7) is 7.72. The summed E-state index contributed by atoms with van der Waals surface area (Å²) in [4.78, 5) is 0. The minimum Gasteiger partial charge on any atom is -0.260 e. The van der Waals surface area contributed by atoms with Gasteiger partial charge in [0.15, 0.2) is 0 Å². The quantitative estimate of drug-likeness (QED) is 0.708. The van der Waals surface area contributed by atoms with Gasteiger partial charge < -0.3 is 0 Å². The fourth-order valence-electron chi connectivity index (χ4n) is 0.408. The third-order valence-corrected chi connectivity index (χ3v) is 3.86. The van der Waals surface area contributed by atoms with E-state index in [-0.39, 0.29) is 0 Å². The first kappa shape index (κ1) is 14.8. The second-order valence-electron chi connectivity index (χ2n) is 2.03. The van der Waals surface area contributed by atoms with E-state index in [1.807, 2.05) is 27.7 Å². The highest BCUT2D eigenvalue weighted by atomic mass is 32.2. The van der Waals surface area contributed by atoms with E-state index in [0.29, 0.717) is 0 Å². The van der Waals surface area contributed by atoms with Gasteiger partial charge in [-0.1, -0.05) is 27.7 Å². The van der Waals surface area contributed by atoms with Gasteiger partial charge in [-0.3, -0.25) is 8.42 Å². The minimum absolute atomic E-state index is 0.534. The maximum Gasteiger partial charge on any atom is 0.0206 e. The molecule has 0 spiro atoms. The second-order valence-corrected chi connectivity index (χ2v) is 6.10. The van der Waals surface area contributed by atoms with Crippen LogP contribution in [0.2, 0.25) is 0 Å². The molecule has 76 valence electrons. The molecule has 0 aliphatic carbocycles. The third kappa shape index (κ3) is 12.9. The molecular weight excluding hydrogens is 192 g/mol. The zero-order valence-electron chi connectivity index (χ0n) is 8.46. The first-order valence-electron chi connectivity index (χ1n) is 4.32. The number of rotatable bonds is 4. The SMILES string of the molecule is CCS(=O)CC.CCS(=O)CC. The molecule has 0 saturated carbocycles. The molecule has 0 saturated heterocycles. The smallest absolute Gasteiger partial charge is 0.0206 e. The van der Waals surface area contributed by atoms with E-state index in [2.05, 4.69) is 0 Å². The summed E-state index contributed by atoms with van der Waals surface area (Å²) in [5, 5.41) is 0. The van der Waals surface area contributed by atoms with Crippen LogP contribution < -0.4 is 0 Å². The zero-order chi connectivity index (χ0) is 9.98. The average molecular weight is 212 g/mol. The third-order valence-electron chi connectivity index (χ3n) is 1.29. The largest absolute Gasteiger partial charge is 0.260 e. The molecule has 0 rings (SSSR count). The molecule has 0 fully saturated rings. The van der Waals surface area contributed by atoms with Gasteiger partial charge in [-0.25, -0.2) is 0 Å². The Balaban J connectivity index is 0. The summed E-state index contributed by atoms with van der Waals surface area (Å²) in [5.41, 5.74) is 0. The lowest BCUT2D eigenvalue weighted by Crippen LogP contribution is -1.93. The van der Waals surface area contributed by atoms with Crippen LogP contribution in [0.1, 0.15) is 27.7 Å². The van der Waals surface area contributed by atoms with E-state index in [1.165, 1.54) is 0 Å². The van der Waals surface area contributed by atoms with Crippen molar-refractivity contribution in [1.82, 2.24) is 0 Å². The van der Waals surface area contributed by atoms with Crippen molar-refractivity contribution in [1.29, 1.82) is 0 Å². The summed E-state index contributed by atoms with van der Waals surface area (Å²) in [6.07, 6.45) is 0. The van der Waals surface area contributed by atoms with Gasteiger partial charge in [0.05, 0.1) is 0 Å². The van der Waals surface area contributed by atoms with E-state index >= 15 is 0 Å². The Morgan fingerprint density at radius 1 is 0.667 bits per heavy atom. The van der Waals surface area contributed by atoms with Crippen molar-refractivity contribution in [2.75, 3.05) is 23.0 Å². The van der Waals surface area contributed by atoms with Crippen molar-refractivity contribution < 1.29 is 8.42 Å². The highest BCUT2D eigenvalue weighted by Gasteiger charge is 1.84. The van der Waals surface area contributed by atoms with E-state index in [1.54, 1.807) is 0 Å². The van der Waals surface area contributed by atoms with Crippen LogP contribution in [0.5, 0.6) is 0 Å². The Bertz CT molecular complexity index is 107. The molecule has 0 aliphatic heterocycles. The normalized spacial score (nSPS) is 9.83. The Labute approximate surface area is 81.0 Å². The molecule has 0 aromatic carbocycles. The van der Waals surface area contributed by atoms with Gasteiger partial charge in [0, 0.05) is 44.6 Å². The van der Waals surface area contributed by atoms with Crippen molar-refractivity contribution >= 4 is 21.6 Å². The topological polar surface area (TPSA) is 34.1 Å². The van der Waals surface area contributed by atoms with Gasteiger partial charge >= 0.3 is 0 Å². The molecule has 2 nitrogen and oxygen atoms in total. The van der Waals surface area contributed by atoms with Crippen LogP contribution in [0, 0.1) is 0 Å². The molecule has 0 atom stereocenters. The molecule has 0 aromatic rings. The van der Waals surface area contributed by atoms with Crippen molar-refractivity contribution in [3.05, 3.63) is 0 Å². The molecule has 0 aromatic heterocycles. The Kier molecular flexibility index (Phi) is 13.9. The van der Waals surface area contributed by atoms with Crippen molar-refractivity contribution in [2.24, 2.45) is 0 Å². The summed E-state index contributed by atoms with van der Waals surface area (Å²) in [7, 11) is -1.07. The Morgan fingerprint density at radius 3 is 0.833 bits per heavy atom. The maximum absolute atomic E-state index is 10.3. The summed E-state index contributed by atoms with van der Waals surface area (Å²) < 4.78 is 20.6. The first-order chi connectivity index (χ1) is 5.62. The predicted octanol–water partition coefficient (Wildman–Crippen LogP) is 1.55. The van der Waals surface area contributed by atoms with Crippen LogP contribution in [0.4, 0.5) is 0 Å². The summed E-state index contributed by atoms with van der Waals surface area (Å²) >= 11 is 0. The van der Waals surface area contributed by atoms with Crippen molar-refractivity contribution in [3.63, 3.8) is 0 Å². The van der Waals surface area contributed by atoms with Crippen LogP contribution >= 0.6 is 0 Å². The lowest BCUT2D eigenvalue weighted by molar-refractivity contribution is 0.684. The van der Waals surface area contributed by atoms with E-state index in [9.17, 15) is 8.42 Å². The van der Waals surface area contributed by atoms with Gasteiger partial charge in [-0.15, -0.1) is 0 Å². The average Bonchev–Trinajstić information content (AvgIpc) is 2.16. The summed E-state index contributed by atoms with van der Waals surface area (Å²) in [5.74, 6) is 3.21. The molecule has 0 radical (unpaired) electrons. The van der Waals surface area contributed by atoms with Gasteiger partial charge in [0.25, 0.3) is 0 Å². The van der Waals surface area contributed by atoms with Crippen molar-refractivity contribution in [2.45, 2.75) is 27.7 Å². The molecule has 4 heteroatoms. The molecule has 12 heavy (non-hydrogen) atoms. The van der Waals surface area contributed by atoms with E-state index in [4.69, 9.17) is 0 Å². The lowest BCUT2D eigenvalue weighted by atomic mass is 11.0. The molecule has 0 N–H and O–H groups in total. The van der Waals surface area contributed by atoms with Gasteiger partial charge in [0.1, 0.15) is 0 Å². The zero-order valence-corrected chi connectivity index (χ0v) is 10.1. The fourth-order valence-corrected chi connectivity index (χ4v) is 1.22. The highest BCUT2D eigenvalue weighted by Crippen LogP contribution is 1.75. The van der Waals surface area contributed by atoms with E-state index in [0.717, 1.165) is 23.0 Å². The van der Waals surface area contributed by atoms with Gasteiger partial charge in [-0.2, -0.15) is 0 Å². The highest BCUT2D eigenvalue weighted by molar-refractivity contribution is 7.85. The molecular formula is C8H20O2S2. The van der Waals surface area contributed by atoms with Gasteiger partial charge in [0.2, 0.25) is 0 Å². The Morgan fingerprint density at radius 2 is 0.833 bits per heavy atom. The fraction of sp³-hybridized carbons (Fsp3) is 1.00. The Hall–Kier alpha value is 0.300. The monoisotopic (exact) mass is 212 g/mol. The van der Waals surface area contributed by atoms with Crippen LogP contribution in [0.3, 0.4) is 0 Å². The van der Waals surface area contributed by atoms with Gasteiger partial charge in [-0.05, 0) is 0 Å². The van der Waals surface area contributed by atoms with Crippen LogP contribution in [-0.4, -0.2) is 31.4 Å². The standard InChI is InChI=1S/2C4H10OS/c2*1-3-6(5)4-2/h2*3-4H2,1-2H3. The molecule has 0 bridgehead atoms. The number of hydrogen-bond donors (Lipinski definition) is 0. The van der Waals surface area contributed by atoms with Crippen LogP contribution in [-0.2, 0) is 21.6 Å². The lowest BCUT2D eigenvalue weighted by Gasteiger charge is -1.84. The van der Waals surface area contributed by atoms with Crippen LogP contribution in [0.15, 0.2) is 0 Å².